The molecule has 0 spiro atoms. The van der Waals surface area contributed by atoms with Gasteiger partial charge in [0.2, 0.25) is 5.91 Å². The quantitative estimate of drug-likeness (QED) is 0.897. The van der Waals surface area contributed by atoms with E-state index in [4.69, 9.17) is 0 Å². The first-order chi connectivity index (χ1) is 9.06. The molecule has 1 aromatic heterocycles. The van der Waals surface area contributed by atoms with E-state index in [-0.39, 0.29) is 18.3 Å². The molecule has 0 aromatic carbocycles. The van der Waals surface area contributed by atoms with Crippen molar-refractivity contribution in [3.8, 4) is 0 Å². The van der Waals surface area contributed by atoms with Gasteiger partial charge in [0.1, 0.15) is 0 Å². The second-order valence-electron chi connectivity index (χ2n) is 5.48. The zero-order valence-electron chi connectivity index (χ0n) is 12.4. The SMILES string of the molecule is Cc1nc(NC(=O)CC(C)C2CCNCC2)sc1C.Cl. The third-order valence-electron chi connectivity index (χ3n) is 3.97. The van der Waals surface area contributed by atoms with E-state index >= 15 is 0 Å². The molecule has 4 nitrogen and oxygen atoms in total. The minimum atomic E-state index is 0. The molecule has 0 aliphatic carbocycles. The van der Waals surface area contributed by atoms with Gasteiger partial charge in [-0.15, -0.1) is 23.7 Å². The topological polar surface area (TPSA) is 54.0 Å². The molecule has 1 fully saturated rings. The monoisotopic (exact) mass is 317 g/mol. The predicted octanol–water partition coefficient (Wildman–Crippen LogP) is 3.15. The standard InChI is InChI=1S/C14H23N3OS.ClH/c1-9(12-4-6-15-7-5-12)8-13(18)17-14-16-10(2)11(3)19-14;/h9,12,15H,4-8H2,1-3H3,(H,16,17,18);1H. The maximum Gasteiger partial charge on any atom is 0.226 e. The number of anilines is 1. The number of piperidine rings is 1. The van der Waals surface area contributed by atoms with Crippen molar-refractivity contribution in [2.45, 2.75) is 40.0 Å². The highest BCUT2D eigenvalue weighted by Crippen LogP contribution is 2.26. The van der Waals surface area contributed by atoms with E-state index in [1.165, 1.54) is 17.7 Å². The third-order valence-corrected chi connectivity index (χ3v) is 4.96. The summed E-state index contributed by atoms with van der Waals surface area (Å²) in [5.74, 6) is 1.22. The molecule has 114 valence electrons. The number of aromatic nitrogens is 1. The van der Waals surface area contributed by atoms with Gasteiger partial charge in [0.25, 0.3) is 0 Å². The summed E-state index contributed by atoms with van der Waals surface area (Å²) in [6, 6.07) is 0. The van der Waals surface area contributed by atoms with Crippen molar-refractivity contribution in [1.29, 1.82) is 0 Å². The Balaban J connectivity index is 0.00000200. The Labute approximate surface area is 131 Å². The minimum absolute atomic E-state index is 0. The molecule has 20 heavy (non-hydrogen) atoms. The largest absolute Gasteiger partial charge is 0.317 e. The fourth-order valence-corrected chi connectivity index (χ4v) is 3.40. The van der Waals surface area contributed by atoms with Crippen molar-refractivity contribution in [1.82, 2.24) is 10.3 Å². The van der Waals surface area contributed by atoms with E-state index in [1.54, 1.807) is 11.3 Å². The van der Waals surface area contributed by atoms with E-state index in [0.717, 1.165) is 23.9 Å². The molecule has 2 rings (SSSR count). The lowest BCUT2D eigenvalue weighted by Gasteiger charge is -2.27. The maximum atomic E-state index is 12.0. The summed E-state index contributed by atoms with van der Waals surface area (Å²) in [7, 11) is 0. The van der Waals surface area contributed by atoms with Gasteiger partial charge in [-0.1, -0.05) is 6.92 Å². The van der Waals surface area contributed by atoms with Crippen LogP contribution in [0.25, 0.3) is 0 Å². The third kappa shape index (κ3) is 4.72. The highest BCUT2D eigenvalue weighted by atomic mass is 35.5. The number of hydrogen-bond donors (Lipinski definition) is 2. The summed E-state index contributed by atoms with van der Waals surface area (Å²) in [6.45, 7) is 8.36. The van der Waals surface area contributed by atoms with Crippen LogP contribution in [0.3, 0.4) is 0 Å². The Morgan fingerprint density at radius 2 is 2.10 bits per heavy atom. The van der Waals surface area contributed by atoms with Crippen LogP contribution >= 0.6 is 23.7 Å². The van der Waals surface area contributed by atoms with Crippen LogP contribution in [0.2, 0.25) is 0 Å². The zero-order valence-corrected chi connectivity index (χ0v) is 14.0. The number of carbonyl (C=O) groups excluding carboxylic acids is 1. The van der Waals surface area contributed by atoms with Crippen molar-refractivity contribution in [2.24, 2.45) is 11.8 Å². The summed E-state index contributed by atoms with van der Waals surface area (Å²) in [5, 5.41) is 7.02. The van der Waals surface area contributed by atoms with Crippen molar-refractivity contribution in [3.63, 3.8) is 0 Å². The molecular weight excluding hydrogens is 294 g/mol. The van der Waals surface area contributed by atoms with Gasteiger partial charge in [-0.25, -0.2) is 4.98 Å². The van der Waals surface area contributed by atoms with E-state index < -0.39 is 0 Å². The minimum Gasteiger partial charge on any atom is -0.317 e. The molecule has 1 saturated heterocycles. The molecule has 1 atom stereocenters. The number of aryl methyl sites for hydroxylation is 2. The van der Waals surface area contributed by atoms with Gasteiger partial charge in [-0.3, -0.25) is 4.79 Å². The van der Waals surface area contributed by atoms with Crippen molar-refractivity contribution in [3.05, 3.63) is 10.6 Å². The first-order valence-electron chi connectivity index (χ1n) is 7.01. The number of halogens is 1. The predicted molar refractivity (Wildman–Crippen MR) is 86.8 cm³/mol. The number of hydrogen-bond acceptors (Lipinski definition) is 4. The Bertz CT molecular complexity index is 424. The Kier molecular flexibility index (Phi) is 6.92. The Morgan fingerprint density at radius 3 is 2.65 bits per heavy atom. The lowest BCUT2D eigenvalue weighted by molar-refractivity contribution is -0.117. The number of thiazole rings is 1. The fourth-order valence-electron chi connectivity index (χ4n) is 2.57. The maximum absolute atomic E-state index is 12.0. The van der Waals surface area contributed by atoms with Gasteiger partial charge < -0.3 is 10.6 Å². The highest BCUT2D eigenvalue weighted by molar-refractivity contribution is 7.15. The van der Waals surface area contributed by atoms with Crippen molar-refractivity contribution < 1.29 is 4.79 Å². The normalized spacial score (nSPS) is 17.4. The molecule has 1 aliphatic rings. The Hall–Kier alpha value is -0.650. The molecular formula is C14H24ClN3OS. The van der Waals surface area contributed by atoms with Crippen LogP contribution in [0.1, 0.15) is 36.8 Å². The van der Waals surface area contributed by atoms with Crippen LogP contribution in [0, 0.1) is 25.7 Å². The lowest BCUT2D eigenvalue weighted by Crippen LogP contribution is -2.32. The smallest absolute Gasteiger partial charge is 0.226 e. The first-order valence-corrected chi connectivity index (χ1v) is 7.82. The number of nitrogens with one attached hydrogen (secondary N) is 2. The molecule has 2 heterocycles. The molecule has 1 aliphatic heterocycles. The summed E-state index contributed by atoms with van der Waals surface area (Å²) in [6.07, 6.45) is 2.97. The molecule has 2 N–H and O–H groups in total. The summed E-state index contributed by atoms with van der Waals surface area (Å²) in [4.78, 5) is 17.5. The number of carbonyl (C=O) groups is 1. The van der Waals surface area contributed by atoms with Gasteiger partial charge >= 0.3 is 0 Å². The molecule has 1 aromatic rings. The second-order valence-corrected chi connectivity index (χ2v) is 6.68. The summed E-state index contributed by atoms with van der Waals surface area (Å²) < 4.78 is 0. The Morgan fingerprint density at radius 1 is 1.45 bits per heavy atom. The fraction of sp³-hybridized carbons (Fsp3) is 0.714. The van der Waals surface area contributed by atoms with Crippen LogP contribution in [0.5, 0.6) is 0 Å². The van der Waals surface area contributed by atoms with Crippen molar-refractivity contribution >= 4 is 34.8 Å². The molecule has 0 bridgehead atoms. The van der Waals surface area contributed by atoms with Gasteiger partial charge in [0.05, 0.1) is 5.69 Å². The van der Waals surface area contributed by atoms with E-state index in [2.05, 4.69) is 22.5 Å². The van der Waals surface area contributed by atoms with Crippen LogP contribution in [-0.4, -0.2) is 24.0 Å². The summed E-state index contributed by atoms with van der Waals surface area (Å²) in [5.41, 5.74) is 1.01. The molecule has 6 heteroatoms. The second kappa shape index (κ2) is 7.96. The van der Waals surface area contributed by atoms with Crippen molar-refractivity contribution in [2.75, 3.05) is 18.4 Å². The van der Waals surface area contributed by atoms with Crippen LogP contribution in [0.15, 0.2) is 0 Å². The highest BCUT2D eigenvalue weighted by Gasteiger charge is 2.22. The van der Waals surface area contributed by atoms with E-state index in [9.17, 15) is 4.79 Å². The molecule has 1 unspecified atom stereocenters. The molecule has 0 saturated carbocycles. The average Bonchev–Trinajstić information content (AvgIpc) is 2.69. The van der Waals surface area contributed by atoms with Crippen LogP contribution in [-0.2, 0) is 4.79 Å². The lowest BCUT2D eigenvalue weighted by atomic mass is 9.84. The van der Waals surface area contributed by atoms with E-state index in [1.807, 2.05) is 13.8 Å². The van der Waals surface area contributed by atoms with Gasteiger partial charge in [0, 0.05) is 11.3 Å². The van der Waals surface area contributed by atoms with E-state index in [0.29, 0.717) is 18.3 Å². The van der Waals surface area contributed by atoms with Gasteiger partial charge in [0.15, 0.2) is 5.13 Å². The summed E-state index contributed by atoms with van der Waals surface area (Å²) >= 11 is 1.55. The number of rotatable bonds is 4. The number of nitrogens with zero attached hydrogens (tertiary/aromatic N) is 1. The van der Waals surface area contributed by atoms with Gasteiger partial charge in [-0.05, 0) is 51.6 Å². The zero-order chi connectivity index (χ0) is 13.8. The van der Waals surface area contributed by atoms with Gasteiger partial charge in [-0.2, -0.15) is 0 Å². The molecule has 1 amide bonds. The average molecular weight is 318 g/mol. The first kappa shape index (κ1) is 17.4. The van der Waals surface area contributed by atoms with Crippen LogP contribution < -0.4 is 10.6 Å². The number of amides is 1. The van der Waals surface area contributed by atoms with Crippen LogP contribution in [0.4, 0.5) is 5.13 Å². The molecule has 0 radical (unpaired) electrons.